The first-order chi connectivity index (χ1) is 8.88. The minimum atomic E-state index is -3.52. The molecule has 2 rings (SSSR count). The molecule has 0 radical (unpaired) electrons. The molecule has 0 aliphatic carbocycles. The lowest BCUT2D eigenvalue weighted by Crippen LogP contribution is -2.39. The van der Waals surface area contributed by atoms with Gasteiger partial charge in [0.15, 0.2) is 0 Å². The second-order valence-corrected chi connectivity index (χ2v) is 8.91. The quantitative estimate of drug-likeness (QED) is 0.890. The van der Waals surface area contributed by atoms with Crippen LogP contribution in [-0.4, -0.2) is 30.2 Å². The van der Waals surface area contributed by atoms with Crippen LogP contribution in [0.25, 0.3) is 0 Å². The van der Waals surface area contributed by atoms with Gasteiger partial charge in [-0.05, 0) is 53.4 Å². The first kappa shape index (κ1) is 15.2. The van der Waals surface area contributed by atoms with Crippen molar-refractivity contribution in [3.05, 3.63) is 28.2 Å². The van der Waals surface area contributed by atoms with Gasteiger partial charge in [-0.15, -0.1) is 0 Å². The predicted molar refractivity (Wildman–Crippen MR) is 80.1 cm³/mol. The molecule has 0 amide bonds. The Hall–Kier alpha value is -0.240. The van der Waals surface area contributed by atoms with E-state index >= 15 is 0 Å². The van der Waals surface area contributed by atoms with E-state index in [4.69, 9.17) is 0 Å². The van der Waals surface area contributed by atoms with E-state index in [-0.39, 0.29) is 10.9 Å². The van der Waals surface area contributed by atoms with Crippen molar-refractivity contribution in [2.45, 2.75) is 30.7 Å². The summed E-state index contributed by atoms with van der Waals surface area (Å²) in [4.78, 5) is 0.254. The predicted octanol–water partition coefficient (Wildman–Crippen LogP) is 1.95. The molecular weight excluding hydrogens is 350 g/mol. The highest BCUT2D eigenvalue weighted by molar-refractivity contribution is 9.10. The summed E-state index contributed by atoms with van der Waals surface area (Å²) in [5, 5.41) is 0. The second kappa shape index (κ2) is 6.03. The molecule has 1 aliphatic heterocycles. The van der Waals surface area contributed by atoms with Crippen molar-refractivity contribution in [3.8, 4) is 0 Å². The highest BCUT2D eigenvalue weighted by Gasteiger charge is 2.25. The fraction of sp³-hybridized carbons (Fsp3) is 0.500. The van der Waals surface area contributed by atoms with Crippen LogP contribution >= 0.6 is 15.9 Å². The molecule has 0 spiro atoms. The lowest BCUT2D eigenvalue weighted by Gasteiger charge is -2.22. The summed E-state index contributed by atoms with van der Waals surface area (Å²) in [7, 11) is -4.31. The first-order valence-corrected chi connectivity index (χ1v) is 9.78. The van der Waals surface area contributed by atoms with Gasteiger partial charge in [0.1, 0.15) is 0 Å². The molecule has 0 aromatic heterocycles. The van der Waals surface area contributed by atoms with Gasteiger partial charge in [0.2, 0.25) is 10.0 Å². The zero-order valence-electron chi connectivity index (χ0n) is 10.6. The average Bonchev–Trinajstić information content (AvgIpc) is 2.31. The Morgan fingerprint density at radius 3 is 2.53 bits per heavy atom. The number of hydrogen-bond donors (Lipinski definition) is 1. The van der Waals surface area contributed by atoms with Crippen molar-refractivity contribution >= 4 is 36.8 Å². The first-order valence-electron chi connectivity index (χ1n) is 6.02. The van der Waals surface area contributed by atoms with E-state index in [1.54, 1.807) is 18.2 Å². The zero-order chi connectivity index (χ0) is 14.0. The largest absolute Gasteiger partial charge is 0.260 e. The van der Waals surface area contributed by atoms with E-state index in [0.29, 0.717) is 28.8 Å². The molecule has 0 unspecified atom stereocenters. The third kappa shape index (κ3) is 3.87. The molecule has 0 saturated carbocycles. The minimum absolute atomic E-state index is 0.115. The smallest absolute Gasteiger partial charge is 0.241 e. The van der Waals surface area contributed by atoms with E-state index < -0.39 is 20.8 Å². The number of benzene rings is 1. The monoisotopic (exact) mass is 365 g/mol. The molecule has 1 heterocycles. The van der Waals surface area contributed by atoms with Crippen LogP contribution in [0, 0.1) is 6.92 Å². The van der Waals surface area contributed by atoms with Gasteiger partial charge in [0.25, 0.3) is 0 Å². The molecule has 7 heteroatoms. The molecule has 0 bridgehead atoms. The zero-order valence-corrected chi connectivity index (χ0v) is 13.8. The van der Waals surface area contributed by atoms with Gasteiger partial charge in [-0.2, -0.15) is 0 Å². The Kier molecular flexibility index (Phi) is 4.81. The van der Waals surface area contributed by atoms with Gasteiger partial charge in [-0.3, -0.25) is 4.21 Å². The number of hydrogen-bond acceptors (Lipinski definition) is 3. The van der Waals surface area contributed by atoms with Gasteiger partial charge in [-0.25, -0.2) is 13.1 Å². The second-order valence-electron chi connectivity index (χ2n) is 4.68. The Balaban J connectivity index is 2.16. The molecule has 1 aliphatic rings. The molecule has 1 aromatic rings. The van der Waals surface area contributed by atoms with Crippen LogP contribution in [0.1, 0.15) is 18.4 Å². The topological polar surface area (TPSA) is 63.2 Å². The Morgan fingerprint density at radius 2 is 1.95 bits per heavy atom. The molecule has 0 atom stereocenters. The highest BCUT2D eigenvalue weighted by Crippen LogP contribution is 2.24. The van der Waals surface area contributed by atoms with Crippen molar-refractivity contribution in [1.82, 2.24) is 4.72 Å². The SMILES string of the molecule is Cc1ccc(S(=O)(=O)NC2CCS(=O)CC2)c(Br)c1. The number of halogens is 1. The number of aryl methyl sites for hydroxylation is 1. The van der Waals surface area contributed by atoms with Gasteiger partial charge in [0.05, 0.1) is 4.90 Å². The lowest BCUT2D eigenvalue weighted by atomic mass is 10.2. The third-order valence-corrected chi connectivity index (χ3v) is 6.97. The van der Waals surface area contributed by atoms with E-state index in [0.717, 1.165) is 5.56 Å². The van der Waals surface area contributed by atoms with Gasteiger partial charge >= 0.3 is 0 Å². The van der Waals surface area contributed by atoms with Gasteiger partial charge < -0.3 is 0 Å². The average molecular weight is 366 g/mol. The maximum Gasteiger partial charge on any atom is 0.241 e. The van der Waals surface area contributed by atoms with Crippen molar-refractivity contribution in [2.24, 2.45) is 0 Å². The summed E-state index contributed by atoms with van der Waals surface area (Å²) < 4.78 is 39.1. The number of rotatable bonds is 3. The third-order valence-electron chi connectivity index (χ3n) is 3.09. The Morgan fingerprint density at radius 1 is 1.32 bits per heavy atom. The maximum absolute atomic E-state index is 12.3. The molecule has 1 aromatic carbocycles. The molecule has 1 N–H and O–H groups in total. The Labute approximate surface area is 124 Å². The van der Waals surface area contributed by atoms with Crippen LogP contribution in [0.3, 0.4) is 0 Å². The van der Waals surface area contributed by atoms with Crippen LogP contribution < -0.4 is 4.72 Å². The minimum Gasteiger partial charge on any atom is -0.260 e. The van der Waals surface area contributed by atoms with Crippen LogP contribution in [0.2, 0.25) is 0 Å². The van der Waals surface area contributed by atoms with E-state index in [1.807, 2.05) is 6.92 Å². The fourth-order valence-corrected chi connectivity index (χ4v) is 5.81. The molecule has 1 fully saturated rings. The Bertz CT molecular complexity index is 591. The number of sulfonamides is 1. The van der Waals surface area contributed by atoms with Crippen LogP contribution in [-0.2, 0) is 20.8 Å². The summed E-state index contributed by atoms with van der Waals surface area (Å²) in [6.07, 6.45) is 1.27. The standard InChI is InChI=1S/C12H16BrNO3S2/c1-9-2-3-12(11(13)8-9)19(16,17)14-10-4-6-18(15)7-5-10/h2-3,8,10,14H,4-7H2,1H3. The molecule has 106 valence electrons. The van der Waals surface area contributed by atoms with Crippen molar-refractivity contribution in [3.63, 3.8) is 0 Å². The van der Waals surface area contributed by atoms with E-state index in [9.17, 15) is 12.6 Å². The summed E-state index contributed by atoms with van der Waals surface area (Å²) in [6.45, 7) is 1.91. The summed E-state index contributed by atoms with van der Waals surface area (Å²) in [6, 6.07) is 5.04. The number of nitrogens with one attached hydrogen (secondary N) is 1. The van der Waals surface area contributed by atoms with Crippen LogP contribution in [0.4, 0.5) is 0 Å². The lowest BCUT2D eigenvalue weighted by molar-refractivity contribution is 0.521. The highest BCUT2D eigenvalue weighted by atomic mass is 79.9. The van der Waals surface area contributed by atoms with E-state index in [2.05, 4.69) is 20.7 Å². The van der Waals surface area contributed by atoms with Crippen LogP contribution in [0.15, 0.2) is 27.6 Å². The maximum atomic E-state index is 12.3. The van der Waals surface area contributed by atoms with Crippen molar-refractivity contribution in [2.75, 3.05) is 11.5 Å². The summed E-state index contributed by atoms with van der Waals surface area (Å²) in [5.41, 5.74) is 0.999. The normalized spacial score (nSPS) is 24.3. The molecular formula is C12H16BrNO3S2. The molecule has 19 heavy (non-hydrogen) atoms. The summed E-state index contributed by atoms with van der Waals surface area (Å²) in [5.74, 6) is 1.14. The van der Waals surface area contributed by atoms with E-state index in [1.165, 1.54) is 0 Å². The van der Waals surface area contributed by atoms with Crippen molar-refractivity contribution < 1.29 is 12.6 Å². The van der Waals surface area contributed by atoms with Crippen LogP contribution in [0.5, 0.6) is 0 Å². The fourth-order valence-electron chi connectivity index (χ4n) is 2.02. The van der Waals surface area contributed by atoms with Crippen molar-refractivity contribution in [1.29, 1.82) is 0 Å². The molecule has 1 saturated heterocycles. The van der Waals surface area contributed by atoms with Gasteiger partial charge in [0, 0.05) is 32.8 Å². The summed E-state index contributed by atoms with van der Waals surface area (Å²) >= 11 is 3.29. The molecule has 4 nitrogen and oxygen atoms in total. The van der Waals surface area contributed by atoms with Gasteiger partial charge in [-0.1, -0.05) is 6.07 Å².